The van der Waals surface area contributed by atoms with Crippen molar-refractivity contribution in [3.63, 3.8) is 0 Å². The first-order chi connectivity index (χ1) is 4.22. The molecule has 0 bridgehead atoms. The Labute approximate surface area is 56.8 Å². The van der Waals surface area contributed by atoms with Crippen molar-refractivity contribution in [3.8, 4) is 5.97 Å². The van der Waals surface area contributed by atoms with Gasteiger partial charge in [0.25, 0.3) is 0 Å². The second-order valence-electron chi connectivity index (χ2n) is 0.732. The Morgan fingerprint density at radius 1 is 1.56 bits per heavy atom. The van der Waals surface area contributed by atoms with Crippen LogP contribution in [-0.2, 0) is 9.05 Å². The number of nitriles is 1. The van der Waals surface area contributed by atoms with Gasteiger partial charge in [-0.15, -0.1) is 0 Å². The quantitative estimate of drug-likeness (QED) is 0.445. The van der Waals surface area contributed by atoms with E-state index in [-0.39, 0.29) is 0 Å². The third kappa shape index (κ3) is 18.1. The van der Waals surface area contributed by atoms with Crippen LogP contribution in [0.1, 0.15) is 0 Å². The second-order valence-corrected chi connectivity index (χ2v) is 1.94. The third-order valence-corrected chi connectivity index (χ3v) is 0.937. The van der Waals surface area contributed by atoms with E-state index in [2.05, 4.69) is 16.9 Å². The molecule has 50 valence electrons. The van der Waals surface area contributed by atoms with E-state index in [1.165, 1.54) is 20.2 Å². The van der Waals surface area contributed by atoms with Gasteiger partial charge in [-0.3, -0.25) is 0 Å². The fourth-order valence-electron chi connectivity index (χ4n) is 0.0745. The maximum absolute atomic E-state index is 8.29. The lowest BCUT2D eigenvalue weighted by atomic mass is 10.2. The molecule has 0 spiro atoms. The Morgan fingerprint density at radius 2 is 1.78 bits per heavy atom. The number of hydrogen-bond donors (Lipinski definition) is 1. The van der Waals surface area contributed by atoms with Gasteiger partial charge in [-0.1, -0.05) is 0 Å². The van der Waals surface area contributed by atoms with E-state index in [1.54, 1.807) is 0 Å². The number of nitrogens with zero attached hydrogens (tertiary/aromatic N) is 1. The summed E-state index contributed by atoms with van der Waals surface area (Å²) in [6.07, 6.45) is 0. The first-order valence-electron chi connectivity index (χ1n) is 1.89. The topological polar surface area (TPSA) is 62.5 Å². The summed E-state index contributed by atoms with van der Waals surface area (Å²) in [4.78, 5) is 8.29. The van der Waals surface area contributed by atoms with Crippen LogP contribution >= 0.6 is 8.60 Å². The standard InChI is InChI=1S/C2H7O3P.CBN/c1-4-6(3)5-2;2-1-3/h3H,1-2H3;. The van der Waals surface area contributed by atoms with Gasteiger partial charge in [0, 0.05) is 14.2 Å². The minimum atomic E-state index is -1.58. The fourth-order valence-corrected chi connectivity index (χ4v) is 0.224. The van der Waals surface area contributed by atoms with Crippen LogP contribution < -0.4 is 0 Å². The molecule has 0 aliphatic carbocycles. The van der Waals surface area contributed by atoms with Crippen LogP contribution in [0.3, 0.4) is 0 Å². The molecule has 4 nitrogen and oxygen atoms in total. The molecule has 9 heavy (non-hydrogen) atoms. The maximum atomic E-state index is 8.29. The zero-order valence-corrected chi connectivity index (χ0v) is 6.13. The highest BCUT2D eigenvalue weighted by Gasteiger charge is 1.94. The molecule has 0 rings (SSSR count). The first-order valence-corrected chi connectivity index (χ1v) is 3.02. The minimum Gasteiger partial charge on any atom is -0.328 e. The summed E-state index contributed by atoms with van der Waals surface area (Å²) in [5.41, 5.74) is 0. The van der Waals surface area contributed by atoms with E-state index in [0.717, 1.165) is 0 Å². The van der Waals surface area contributed by atoms with Gasteiger partial charge in [0.15, 0.2) is 0 Å². The van der Waals surface area contributed by atoms with Crippen LogP contribution in [0.2, 0.25) is 0 Å². The van der Waals surface area contributed by atoms with Crippen molar-refractivity contribution in [1.29, 1.82) is 5.26 Å². The Balaban J connectivity index is 0. The smallest absolute Gasteiger partial charge is 0.328 e. The van der Waals surface area contributed by atoms with Gasteiger partial charge in [-0.05, 0) is 5.97 Å². The molecular formula is C3H7BNO3P. The Kier molecular flexibility index (Phi) is 13.9. The lowest BCUT2D eigenvalue weighted by Crippen LogP contribution is -1.75. The van der Waals surface area contributed by atoms with E-state index in [0.29, 0.717) is 0 Å². The summed E-state index contributed by atoms with van der Waals surface area (Å²) in [6.45, 7) is 0. The predicted octanol–water partition coefficient (Wildman–Crippen LogP) is 0.134. The van der Waals surface area contributed by atoms with Crippen LogP contribution in [0, 0.1) is 11.2 Å². The average molecular weight is 147 g/mol. The van der Waals surface area contributed by atoms with E-state index in [9.17, 15) is 0 Å². The van der Waals surface area contributed by atoms with Crippen molar-refractivity contribution >= 4 is 16.4 Å². The van der Waals surface area contributed by atoms with Gasteiger partial charge in [0.05, 0.1) is 0 Å². The molecule has 0 aromatic carbocycles. The average Bonchev–Trinajstić information content (AvgIpc) is 1.88. The molecule has 0 unspecified atom stereocenters. The van der Waals surface area contributed by atoms with Gasteiger partial charge in [0.1, 0.15) is 0 Å². The summed E-state index contributed by atoms with van der Waals surface area (Å²) in [7, 11) is 5.34. The summed E-state index contributed by atoms with van der Waals surface area (Å²) in [5, 5.41) is 7.10. The molecular weight excluding hydrogens is 140 g/mol. The Hall–Kier alpha value is -0.135. The van der Waals surface area contributed by atoms with Crippen molar-refractivity contribution in [2.24, 2.45) is 0 Å². The predicted molar refractivity (Wildman–Crippen MR) is 34.5 cm³/mol. The third-order valence-electron chi connectivity index (χ3n) is 0.312. The number of rotatable bonds is 2. The van der Waals surface area contributed by atoms with E-state index in [1.807, 2.05) is 0 Å². The molecule has 2 radical (unpaired) electrons. The fraction of sp³-hybridized carbons (Fsp3) is 0.667. The molecule has 0 atom stereocenters. The van der Waals surface area contributed by atoms with E-state index >= 15 is 0 Å². The summed E-state index contributed by atoms with van der Waals surface area (Å²) < 4.78 is 8.59. The Morgan fingerprint density at radius 3 is 1.78 bits per heavy atom. The lowest BCUT2D eigenvalue weighted by Gasteiger charge is -1.98. The van der Waals surface area contributed by atoms with E-state index in [4.69, 9.17) is 10.2 Å². The molecule has 0 aliphatic rings. The van der Waals surface area contributed by atoms with Crippen molar-refractivity contribution in [2.45, 2.75) is 0 Å². The summed E-state index contributed by atoms with van der Waals surface area (Å²) >= 11 is 0. The summed E-state index contributed by atoms with van der Waals surface area (Å²) in [6, 6.07) is 0. The molecule has 1 N–H and O–H groups in total. The molecule has 0 saturated heterocycles. The number of hydrogen-bond acceptors (Lipinski definition) is 4. The van der Waals surface area contributed by atoms with Gasteiger partial charge in [0.2, 0.25) is 7.85 Å². The molecule has 0 aromatic rings. The highest BCUT2D eigenvalue weighted by atomic mass is 31.2. The molecule has 0 fully saturated rings. The highest BCUT2D eigenvalue weighted by Crippen LogP contribution is 2.28. The van der Waals surface area contributed by atoms with Gasteiger partial charge in [-0.25, -0.2) is 5.26 Å². The summed E-state index contributed by atoms with van der Waals surface area (Å²) in [5.74, 6) is 1.25. The Bertz CT molecular complexity index is 81.6. The first kappa shape index (κ1) is 11.6. The van der Waals surface area contributed by atoms with Crippen molar-refractivity contribution in [1.82, 2.24) is 0 Å². The normalized spacial score (nSPS) is 7.44. The van der Waals surface area contributed by atoms with Crippen molar-refractivity contribution < 1.29 is 13.9 Å². The van der Waals surface area contributed by atoms with Crippen LogP contribution in [0.4, 0.5) is 0 Å². The van der Waals surface area contributed by atoms with Crippen LogP contribution in [0.25, 0.3) is 0 Å². The van der Waals surface area contributed by atoms with Crippen molar-refractivity contribution in [2.75, 3.05) is 14.2 Å². The molecule has 0 saturated carbocycles. The molecule has 0 heterocycles. The minimum absolute atomic E-state index is 1.25. The maximum Gasteiger partial charge on any atom is 0.329 e. The van der Waals surface area contributed by atoms with E-state index < -0.39 is 8.60 Å². The van der Waals surface area contributed by atoms with Gasteiger partial charge >= 0.3 is 8.60 Å². The van der Waals surface area contributed by atoms with Crippen LogP contribution in [0.5, 0.6) is 0 Å². The highest BCUT2D eigenvalue weighted by molar-refractivity contribution is 7.40. The largest absolute Gasteiger partial charge is 0.329 e. The van der Waals surface area contributed by atoms with Crippen LogP contribution in [-0.4, -0.2) is 27.0 Å². The monoisotopic (exact) mass is 147 g/mol. The second kappa shape index (κ2) is 10.8. The molecule has 0 aliphatic heterocycles. The molecule has 6 heteroatoms. The van der Waals surface area contributed by atoms with Crippen molar-refractivity contribution in [3.05, 3.63) is 0 Å². The zero-order chi connectivity index (χ0) is 7.70. The van der Waals surface area contributed by atoms with Gasteiger partial charge in [-0.2, -0.15) is 0 Å². The SMILES string of the molecule is COP(O)OC.[B]C#N. The zero-order valence-electron chi connectivity index (χ0n) is 5.24. The van der Waals surface area contributed by atoms with Crippen LogP contribution in [0.15, 0.2) is 0 Å². The lowest BCUT2D eigenvalue weighted by molar-refractivity contribution is 0.271. The molecule has 0 aromatic heterocycles. The molecule has 0 amide bonds. The van der Waals surface area contributed by atoms with Gasteiger partial charge < -0.3 is 13.9 Å².